The van der Waals surface area contributed by atoms with Crippen LogP contribution in [0.2, 0.25) is 0 Å². The van der Waals surface area contributed by atoms with Crippen LogP contribution < -0.4 is 0 Å². The predicted molar refractivity (Wildman–Crippen MR) is 55.9 cm³/mol. The second-order valence-corrected chi connectivity index (χ2v) is 2.86. The Morgan fingerprint density at radius 2 is 1.80 bits per heavy atom. The van der Waals surface area contributed by atoms with Gasteiger partial charge in [0.15, 0.2) is 0 Å². The summed E-state index contributed by atoms with van der Waals surface area (Å²) in [6.45, 7) is 1.44. The van der Waals surface area contributed by atoms with Crippen molar-refractivity contribution >= 4 is 17.6 Å². The summed E-state index contributed by atoms with van der Waals surface area (Å²) in [6, 6.07) is 8.53. The highest BCUT2D eigenvalue weighted by atomic mass is 16.5. The highest BCUT2D eigenvalue weighted by molar-refractivity contribution is 6.37. The summed E-state index contributed by atoms with van der Waals surface area (Å²) >= 11 is 0. The third kappa shape index (κ3) is 3.02. The Labute approximate surface area is 87.6 Å². The second-order valence-electron chi connectivity index (χ2n) is 2.86. The van der Waals surface area contributed by atoms with Crippen molar-refractivity contribution in [1.82, 2.24) is 0 Å². The van der Waals surface area contributed by atoms with E-state index in [4.69, 9.17) is 0 Å². The van der Waals surface area contributed by atoms with Gasteiger partial charge in [-0.1, -0.05) is 18.2 Å². The number of amides is 1. The standard InChI is InChI=1S/C11H11NO3/c1-8(11(14)15-2)12-10(13)9-6-4-3-5-7-9/h3-7H,1-2H3. The van der Waals surface area contributed by atoms with Crippen LogP contribution in [-0.4, -0.2) is 24.7 Å². The summed E-state index contributed by atoms with van der Waals surface area (Å²) in [7, 11) is 1.24. The smallest absolute Gasteiger partial charge is 0.352 e. The van der Waals surface area contributed by atoms with Crippen molar-refractivity contribution in [3.63, 3.8) is 0 Å². The first kappa shape index (κ1) is 11.1. The van der Waals surface area contributed by atoms with Gasteiger partial charge in [0.1, 0.15) is 5.71 Å². The molecule has 0 bridgehead atoms. The molecule has 0 N–H and O–H groups in total. The monoisotopic (exact) mass is 205 g/mol. The van der Waals surface area contributed by atoms with Crippen molar-refractivity contribution in [2.24, 2.45) is 4.99 Å². The van der Waals surface area contributed by atoms with E-state index in [2.05, 4.69) is 9.73 Å². The van der Waals surface area contributed by atoms with E-state index in [-0.39, 0.29) is 5.71 Å². The molecule has 0 heterocycles. The van der Waals surface area contributed by atoms with Gasteiger partial charge in [0.05, 0.1) is 7.11 Å². The van der Waals surface area contributed by atoms with Crippen molar-refractivity contribution in [2.45, 2.75) is 6.92 Å². The van der Waals surface area contributed by atoms with Crippen LogP contribution in [0.25, 0.3) is 0 Å². The number of hydrogen-bond donors (Lipinski definition) is 0. The molecule has 1 rings (SSSR count). The van der Waals surface area contributed by atoms with E-state index in [0.29, 0.717) is 5.56 Å². The Morgan fingerprint density at radius 3 is 2.33 bits per heavy atom. The second kappa shape index (κ2) is 5.05. The number of methoxy groups -OCH3 is 1. The molecule has 0 spiro atoms. The van der Waals surface area contributed by atoms with Crippen LogP contribution in [0.5, 0.6) is 0 Å². The van der Waals surface area contributed by atoms with Gasteiger partial charge in [0, 0.05) is 5.56 Å². The normalized spacial score (nSPS) is 10.9. The summed E-state index contributed by atoms with van der Waals surface area (Å²) in [5.74, 6) is -1.04. The van der Waals surface area contributed by atoms with Crippen LogP contribution in [0.15, 0.2) is 35.3 Å². The zero-order valence-corrected chi connectivity index (χ0v) is 8.56. The largest absolute Gasteiger partial charge is 0.465 e. The van der Waals surface area contributed by atoms with Gasteiger partial charge in [-0.15, -0.1) is 0 Å². The number of carbonyl (C=O) groups excluding carboxylic acids is 2. The van der Waals surface area contributed by atoms with E-state index in [0.717, 1.165) is 0 Å². The Kier molecular flexibility index (Phi) is 3.74. The molecule has 4 heteroatoms. The molecular formula is C11H11NO3. The van der Waals surface area contributed by atoms with E-state index >= 15 is 0 Å². The molecule has 0 aliphatic carbocycles. The molecule has 0 unspecified atom stereocenters. The van der Waals surface area contributed by atoms with Crippen LogP contribution in [0.4, 0.5) is 0 Å². The van der Waals surface area contributed by atoms with Gasteiger partial charge in [-0.25, -0.2) is 9.79 Å². The van der Waals surface area contributed by atoms with Gasteiger partial charge in [-0.2, -0.15) is 0 Å². The molecule has 0 fully saturated rings. The van der Waals surface area contributed by atoms with Gasteiger partial charge in [0.25, 0.3) is 5.91 Å². The summed E-state index contributed by atoms with van der Waals surface area (Å²) in [4.78, 5) is 26.1. The molecular weight excluding hydrogens is 194 g/mol. The lowest BCUT2D eigenvalue weighted by Crippen LogP contribution is -2.14. The lowest BCUT2D eigenvalue weighted by molar-refractivity contribution is -0.132. The van der Waals surface area contributed by atoms with Gasteiger partial charge < -0.3 is 4.74 Å². The topological polar surface area (TPSA) is 55.7 Å². The fourth-order valence-corrected chi connectivity index (χ4v) is 0.991. The average Bonchev–Trinajstić information content (AvgIpc) is 2.29. The van der Waals surface area contributed by atoms with E-state index < -0.39 is 11.9 Å². The van der Waals surface area contributed by atoms with Gasteiger partial charge >= 0.3 is 5.97 Å². The Morgan fingerprint density at radius 1 is 1.20 bits per heavy atom. The number of rotatable bonds is 2. The van der Waals surface area contributed by atoms with Crippen LogP contribution >= 0.6 is 0 Å². The summed E-state index contributed by atoms with van der Waals surface area (Å²) < 4.78 is 4.43. The molecule has 1 aromatic rings. The highest BCUT2D eigenvalue weighted by Crippen LogP contribution is 2.01. The molecule has 0 saturated heterocycles. The molecule has 15 heavy (non-hydrogen) atoms. The van der Waals surface area contributed by atoms with Crippen LogP contribution in [0.3, 0.4) is 0 Å². The van der Waals surface area contributed by atoms with E-state index in [1.54, 1.807) is 30.3 Å². The van der Waals surface area contributed by atoms with Crippen molar-refractivity contribution in [2.75, 3.05) is 7.11 Å². The first-order valence-corrected chi connectivity index (χ1v) is 4.38. The number of aliphatic imine (C=N–C) groups is 1. The number of esters is 1. The maximum Gasteiger partial charge on any atom is 0.352 e. The maximum atomic E-state index is 11.5. The molecule has 0 aliphatic rings. The number of nitrogens with zero attached hydrogens (tertiary/aromatic N) is 1. The molecule has 1 aromatic carbocycles. The minimum Gasteiger partial charge on any atom is -0.465 e. The third-order valence-corrected chi connectivity index (χ3v) is 1.77. The Hall–Kier alpha value is -1.97. The molecule has 4 nitrogen and oxygen atoms in total. The lowest BCUT2D eigenvalue weighted by atomic mass is 10.2. The number of carbonyl (C=O) groups is 2. The minimum absolute atomic E-state index is 0.0475. The first-order valence-electron chi connectivity index (χ1n) is 4.38. The Bertz CT molecular complexity index is 396. The first-order chi connectivity index (χ1) is 7.15. The van der Waals surface area contributed by atoms with E-state index in [1.165, 1.54) is 14.0 Å². The average molecular weight is 205 g/mol. The van der Waals surface area contributed by atoms with Gasteiger partial charge in [0.2, 0.25) is 0 Å². The molecule has 0 saturated carbocycles. The fourth-order valence-electron chi connectivity index (χ4n) is 0.991. The maximum absolute atomic E-state index is 11.5. The number of benzene rings is 1. The van der Waals surface area contributed by atoms with E-state index in [9.17, 15) is 9.59 Å². The predicted octanol–water partition coefficient (Wildman–Crippen LogP) is 1.46. The van der Waals surface area contributed by atoms with E-state index in [1.807, 2.05) is 0 Å². The summed E-state index contributed by atoms with van der Waals surface area (Å²) in [5, 5.41) is 0. The van der Waals surface area contributed by atoms with Crippen LogP contribution in [0.1, 0.15) is 17.3 Å². The zero-order valence-electron chi connectivity index (χ0n) is 8.56. The molecule has 78 valence electrons. The SMILES string of the molecule is COC(=O)C(C)=NC(=O)c1ccccc1. The quantitative estimate of drug-likeness (QED) is 0.542. The van der Waals surface area contributed by atoms with Crippen molar-refractivity contribution in [3.05, 3.63) is 35.9 Å². The fraction of sp³-hybridized carbons (Fsp3) is 0.182. The Balaban J connectivity index is 2.84. The molecule has 0 radical (unpaired) electrons. The number of hydrogen-bond acceptors (Lipinski definition) is 3. The third-order valence-electron chi connectivity index (χ3n) is 1.77. The molecule has 0 atom stereocenters. The van der Waals surface area contributed by atoms with Crippen molar-refractivity contribution in [3.8, 4) is 0 Å². The van der Waals surface area contributed by atoms with Gasteiger partial charge in [-0.05, 0) is 19.1 Å². The van der Waals surface area contributed by atoms with Gasteiger partial charge in [-0.3, -0.25) is 4.79 Å². The number of ether oxygens (including phenoxy) is 1. The molecule has 0 aromatic heterocycles. The summed E-state index contributed by atoms with van der Waals surface area (Å²) in [5.41, 5.74) is 0.493. The summed E-state index contributed by atoms with van der Waals surface area (Å²) in [6.07, 6.45) is 0. The zero-order chi connectivity index (χ0) is 11.3. The van der Waals surface area contributed by atoms with Crippen LogP contribution in [-0.2, 0) is 9.53 Å². The minimum atomic E-state index is -0.598. The van der Waals surface area contributed by atoms with Crippen molar-refractivity contribution in [1.29, 1.82) is 0 Å². The van der Waals surface area contributed by atoms with Crippen molar-refractivity contribution < 1.29 is 14.3 Å². The highest BCUT2D eigenvalue weighted by Gasteiger charge is 2.09. The molecule has 0 aliphatic heterocycles. The lowest BCUT2D eigenvalue weighted by Gasteiger charge is -1.97. The van der Waals surface area contributed by atoms with Crippen LogP contribution in [0, 0.1) is 0 Å². The molecule has 1 amide bonds.